The molecule has 0 saturated carbocycles. The predicted octanol–water partition coefficient (Wildman–Crippen LogP) is 3.89. The van der Waals surface area contributed by atoms with Gasteiger partial charge in [-0.05, 0) is 46.3 Å². The first-order valence-electron chi connectivity index (χ1n) is 4.94. The van der Waals surface area contributed by atoms with Gasteiger partial charge in [-0.15, -0.1) is 0 Å². The van der Waals surface area contributed by atoms with Crippen molar-refractivity contribution in [2.75, 3.05) is 5.32 Å². The first-order chi connectivity index (χ1) is 8.56. The van der Waals surface area contributed by atoms with E-state index in [0.717, 1.165) is 10.5 Å². The van der Waals surface area contributed by atoms with E-state index < -0.39 is 11.7 Å². The number of rotatable bonds is 2. The lowest BCUT2D eigenvalue weighted by atomic mass is 10.3. The fraction of sp³-hybridized carbons (Fsp3) is 0. The third kappa shape index (κ3) is 3.05. The quantitative estimate of drug-likeness (QED) is 0.908. The summed E-state index contributed by atoms with van der Waals surface area (Å²) in [5.74, 6) is -0.998. The monoisotopic (exact) mass is 328 g/mol. The molecule has 0 unspecified atom stereocenters. The van der Waals surface area contributed by atoms with Gasteiger partial charge in [0, 0.05) is 16.4 Å². The Balaban J connectivity index is 2.16. The molecule has 0 fully saturated rings. The number of halogens is 3. The molecule has 0 bridgehead atoms. The molecule has 2 rings (SSSR count). The summed E-state index contributed by atoms with van der Waals surface area (Å²) in [5.41, 5.74) is 0.570. The van der Waals surface area contributed by atoms with Crippen molar-refractivity contribution in [1.29, 1.82) is 0 Å². The van der Waals surface area contributed by atoms with Crippen LogP contribution in [-0.2, 0) is 0 Å². The van der Waals surface area contributed by atoms with E-state index in [0.29, 0.717) is 5.69 Å². The summed E-state index contributed by atoms with van der Waals surface area (Å²) in [4.78, 5) is 15.7. The van der Waals surface area contributed by atoms with Crippen LogP contribution in [0.15, 0.2) is 41.0 Å². The molecule has 1 amide bonds. The Morgan fingerprint density at radius 1 is 1.33 bits per heavy atom. The molecule has 1 N–H and O–H groups in total. The summed E-state index contributed by atoms with van der Waals surface area (Å²) in [7, 11) is 0. The molecular weight excluding hydrogens is 322 g/mol. The average Bonchev–Trinajstić information content (AvgIpc) is 2.34. The molecule has 0 aliphatic rings. The molecule has 0 spiro atoms. The maximum absolute atomic E-state index is 13.2. The van der Waals surface area contributed by atoms with Crippen LogP contribution in [0.1, 0.15) is 10.5 Å². The average molecular weight is 330 g/mol. The highest BCUT2D eigenvalue weighted by Crippen LogP contribution is 2.19. The summed E-state index contributed by atoms with van der Waals surface area (Å²) >= 11 is 8.77. The van der Waals surface area contributed by atoms with Crippen molar-refractivity contribution < 1.29 is 9.18 Å². The number of amides is 1. The molecule has 1 aromatic heterocycles. The first kappa shape index (κ1) is 13.0. The van der Waals surface area contributed by atoms with Crippen molar-refractivity contribution in [2.24, 2.45) is 0 Å². The van der Waals surface area contributed by atoms with Gasteiger partial charge >= 0.3 is 0 Å². The zero-order valence-corrected chi connectivity index (χ0v) is 11.3. The van der Waals surface area contributed by atoms with Crippen LogP contribution in [0.5, 0.6) is 0 Å². The van der Waals surface area contributed by atoms with E-state index in [9.17, 15) is 9.18 Å². The highest BCUT2D eigenvalue weighted by molar-refractivity contribution is 9.10. The molecular formula is C12H7BrClFN2O. The minimum atomic E-state index is -0.585. The number of nitrogens with zero attached hydrogens (tertiary/aromatic N) is 1. The highest BCUT2D eigenvalue weighted by atomic mass is 79.9. The number of carbonyl (C=O) groups excluding carboxylic acids is 1. The summed E-state index contributed by atoms with van der Waals surface area (Å²) in [6.07, 6.45) is 1.51. The van der Waals surface area contributed by atoms with Gasteiger partial charge in [0.05, 0.1) is 5.02 Å². The zero-order chi connectivity index (χ0) is 13.1. The second-order valence-corrected chi connectivity index (χ2v) is 4.77. The molecule has 0 saturated heterocycles. The van der Waals surface area contributed by atoms with Crippen LogP contribution >= 0.6 is 27.5 Å². The zero-order valence-electron chi connectivity index (χ0n) is 8.95. The van der Waals surface area contributed by atoms with E-state index >= 15 is 0 Å². The van der Waals surface area contributed by atoms with E-state index in [1.807, 2.05) is 0 Å². The number of nitrogens with one attached hydrogen (secondary N) is 1. The number of pyridine rings is 1. The van der Waals surface area contributed by atoms with E-state index in [2.05, 4.69) is 26.2 Å². The van der Waals surface area contributed by atoms with Crippen LogP contribution in [0.3, 0.4) is 0 Å². The van der Waals surface area contributed by atoms with Gasteiger partial charge in [-0.3, -0.25) is 4.79 Å². The third-order valence-electron chi connectivity index (χ3n) is 2.14. The topological polar surface area (TPSA) is 42.0 Å². The molecule has 0 atom stereocenters. The minimum Gasteiger partial charge on any atom is -0.321 e. The predicted molar refractivity (Wildman–Crippen MR) is 71.3 cm³/mol. The van der Waals surface area contributed by atoms with Crippen molar-refractivity contribution in [3.63, 3.8) is 0 Å². The van der Waals surface area contributed by atoms with Crippen LogP contribution in [-0.4, -0.2) is 10.9 Å². The van der Waals surface area contributed by atoms with E-state index in [1.54, 1.807) is 12.1 Å². The molecule has 0 aliphatic carbocycles. The fourth-order valence-electron chi connectivity index (χ4n) is 1.28. The Morgan fingerprint density at radius 3 is 2.72 bits per heavy atom. The Hall–Kier alpha value is -1.46. The van der Waals surface area contributed by atoms with E-state index in [1.165, 1.54) is 18.3 Å². The number of anilines is 1. The molecule has 18 heavy (non-hydrogen) atoms. The van der Waals surface area contributed by atoms with Gasteiger partial charge < -0.3 is 5.32 Å². The lowest BCUT2D eigenvalue weighted by Gasteiger charge is -2.05. The Morgan fingerprint density at radius 2 is 2.11 bits per heavy atom. The normalized spacial score (nSPS) is 10.2. The fourth-order valence-corrected chi connectivity index (χ4v) is 1.63. The number of carbonyl (C=O) groups is 1. The van der Waals surface area contributed by atoms with Gasteiger partial charge in [0.2, 0.25) is 0 Å². The maximum Gasteiger partial charge on any atom is 0.274 e. The van der Waals surface area contributed by atoms with Gasteiger partial charge in [0.15, 0.2) is 0 Å². The first-order valence-corrected chi connectivity index (χ1v) is 6.11. The third-order valence-corrected chi connectivity index (χ3v) is 2.91. The molecule has 0 radical (unpaired) electrons. The Labute approximate surface area is 116 Å². The summed E-state index contributed by atoms with van der Waals surface area (Å²) < 4.78 is 14.0. The van der Waals surface area contributed by atoms with Crippen molar-refractivity contribution in [3.8, 4) is 0 Å². The van der Waals surface area contributed by atoms with Gasteiger partial charge in [-0.25, -0.2) is 9.37 Å². The van der Waals surface area contributed by atoms with Crippen molar-refractivity contribution >= 4 is 39.1 Å². The standard InChI is InChI=1S/C12H7BrClFN2O/c13-7-1-4-11(16-6-7)12(18)17-8-2-3-9(14)10(15)5-8/h1-6H,(H,17,18). The SMILES string of the molecule is O=C(Nc1ccc(Cl)c(F)c1)c1ccc(Br)cn1. The van der Waals surface area contributed by atoms with Crippen molar-refractivity contribution in [1.82, 2.24) is 4.98 Å². The van der Waals surface area contributed by atoms with E-state index in [-0.39, 0.29) is 10.7 Å². The smallest absolute Gasteiger partial charge is 0.274 e. The Bertz CT molecular complexity index is 589. The van der Waals surface area contributed by atoms with Crippen molar-refractivity contribution in [2.45, 2.75) is 0 Å². The molecule has 0 aliphatic heterocycles. The van der Waals surface area contributed by atoms with E-state index in [4.69, 9.17) is 11.6 Å². The second kappa shape index (κ2) is 5.46. The molecule has 92 valence electrons. The van der Waals surface area contributed by atoms with Gasteiger partial charge in [-0.2, -0.15) is 0 Å². The molecule has 1 aromatic carbocycles. The van der Waals surface area contributed by atoms with Crippen molar-refractivity contribution in [3.05, 3.63) is 57.5 Å². The maximum atomic E-state index is 13.2. The van der Waals surface area contributed by atoms with Crippen LogP contribution in [0, 0.1) is 5.82 Å². The molecule has 1 heterocycles. The molecule has 6 heteroatoms. The van der Waals surface area contributed by atoms with Crippen LogP contribution in [0.2, 0.25) is 5.02 Å². The number of benzene rings is 1. The second-order valence-electron chi connectivity index (χ2n) is 3.44. The summed E-state index contributed by atoms with van der Waals surface area (Å²) in [6.45, 7) is 0. The minimum absolute atomic E-state index is 0.00904. The van der Waals surface area contributed by atoms with Crippen LogP contribution in [0.4, 0.5) is 10.1 Å². The van der Waals surface area contributed by atoms with Gasteiger partial charge in [0.25, 0.3) is 5.91 Å². The van der Waals surface area contributed by atoms with Gasteiger partial charge in [-0.1, -0.05) is 11.6 Å². The Kier molecular flexibility index (Phi) is 3.93. The lowest BCUT2D eigenvalue weighted by molar-refractivity contribution is 0.102. The highest BCUT2D eigenvalue weighted by Gasteiger charge is 2.08. The summed E-state index contributed by atoms with van der Waals surface area (Å²) in [5, 5.41) is 2.54. The molecule has 3 nitrogen and oxygen atoms in total. The van der Waals surface area contributed by atoms with Crippen LogP contribution in [0.25, 0.3) is 0 Å². The number of aromatic nitrogens is 1. The number of hydrogen-bond acceptors (Lipinski definition) is 2. The molecule has 2 aromatic rings. The lowest BCUT2D eigenvalue weighted by Crippen LogP contribution is -2.13. The summed E-state index contributed by atoms with van der Waals surface area (Å²) in [6, 6.07) is 7.30. The largest absolute Gasteiger partial charge is 0.321 e. The van der Waals surface area contributed by atoms with Gasteiger partial charge in [0.1, 0.15) is 11.5 Å². The van der Waals surface area contributed by atoms with Crippen LogP contribution < -0.4 is 5.32 Å². The number of hydrogen-bond donors (Lipinski definition) is 1.